The van der Waals surface area contributed by atoms with Crippen LogP contribution in [0.2, 0.25) is 5.02 Å². The predicted molar refractivity (Wildman–Crippen MR) is 50.8 cm³/mol. The van der Waals surface area contributed by atoms with Crippen molar-refractivity contribution in [2.45, 2.75) is 6.54 Å². The van der Waals surface area contributed by atoms with Crippen molar-refractivity contribution in [3.05, 3.63) is 28.8 Å². The van der Waals surface area contributed by atoms with E-state index in [0.717, 1.165) is 22.9 Å². The molecule has 0 unspecified atom stereocenters. The summed E-state index contributed by atoms with van der Waals surface area (Å²) in [7, 11) is 3.52. The first-order valence-electron chi connectivity index (χ1n) is 3.75. The molecule has 0 saturated heterocycles. The largest absolute Gasteiger partial charge is 0.496 e. The average Bonchev–Trinajstić information content (AvgIpc) is 2.09. The number of ether oxygens (including phenoxy) is 1. The van der Waals surface area contributed by atoms with Crippen LogP contribution in [0.25, 0.3) is 0 Å². The molecule has 0 fully saturated rings. The number of methoxy groups -OCH3 is 1. The van der Waals surface area contributed by atoms with Gasteiger partial charge in [0.2, 0.25) is 0 Å². The van der Waals surface area contributed by atoms with Crippen molar-refractivity contribution in [2.75, 3.05) is 14.2 Å². The van der Waals surface area contributed by atoms with E-state index in [4.69, 9.17) is 16.3 Å². The molecule has 1 aromatic rings. The molecule has 12 heavy (non-hydrogen) atoms. The minimum atomic E-state index is 0.725. The molecule has 0 heterocycles. The van der Waals surface area contributed by atoms with Crippen LogP contribution in [0.5, 0.6) is 5.75 Å². The van der Waals surface area contributed by atoms with Gasteiger partial charge in [-0.1, -0.05) is 17.7 Å². The molecule has 1 N–H and O–H groups in total. The first-order chi connectivity index (χ1) is 5.79. The second-order valence-corrected chi connectivity index (χ2v) is 2.86. The van der Waals surface area contributed by atoms with Crippen LogP contribution in [0, 0.1) is 0 Å². The third-order valence-corrected chi connectivity index (χ3v) is 2.00. The zero-order chi connectivity index (χ0) is 8.97. The summed E-state index contributed by atoms with van der Waals surface area (Å²) in [5.41, 5.74) is 1.00. The maximum atomic E-state index is 5.97. The van der Waals surface area contributed by atoms with Gasteiger partial charge in [-0.25, -0.2) is 0 Å². The molecule has 0 saturated carbocycles. The van der Waals surface area contributed by atoms with Crippen molar-refractivity contribution in [3.8, 4) is 5.75 Å². The monoisotopic (exact) mass is 185 g/mol. The van der Waals surface area contributed by atoms with Crippen LogP contribution in [0.3, 0.4) is 0 Å². The number of hydrogen-bond acceptors (Lipinski definition) is 2. The summed E-state index contributed by atoms with van der Waals surface area (Å²) in [5.74, 6) is 0.830. The van der Waals surface area contributed by atoms with Crippen molar-refractivity contribution < 1.29 is 4.74 Å². The highest BCUT2D eigenvalue weighted by atomic mass is 35.5. The molecule has 1 rings (SSSR count). The van der Waals surface area contributed by atoms with Gasteiger partial charge in [-0.05, 0) is 19.2 Å². The highest BCUT2D eigenvalue weighted by Gasteiger charge is 2.04. The second-order valence-electron chi connectivity index (χ2n) is 2.45. The van der Waals surface area contributed by atoms with Gasteiger partial charge in [-0.15, -0.1) is 0 Å². The Balaban J connectivity index is 3.02. The number of nitrogens with one attached hydrogen (secondary N) is 1. The number of rotatable bonds is 3. The summed E-state index contributed by atoms with van der Waals surface area (Å²) in [4.78, 5) is 0. The van der Waals surface area contributed by atoms with Crippen LogP contribution in [0.15, 0.2) is 18.2 Å². The van der Waals surface area contributed by atoms with Gasteiger partial charge in [0.05, 0.1) is 7.11 Å². The Bertz CT molecular complexity index is 263. The average molecular weight is 186 g/mol. The van der Waals surface area contributed by atoms with E-state index >= 15 is 0 Å². The van der Waals surface area contributed by atoms with Crippen LogP contribution >= 0.6 is 11.6 Å². The molecule has 0 bridgehead atoms. The highest BCUT2D eigenvalue weighted by molar-refractivity contribution is 6.31. The van der Waals surface area contributed by atoms with Gasteiger partial charge in [0.15, 0.2) is 0 Å². The lowest BCUT2D eigenvalue weighted by atomic mass is 10.2. The van der Waals surface area contributed by atoms with Gasteiger partial charge in [-0.2, -0.15) is 0 Å². The van der Waals surface area contributed by atoms with E-state index in [9.17, 15) is 0 Å². The molecule has 66 valence electrons. The van der Waals surface area contributed by atoms with Crippen LogP contribution in [-0.2, 0) is 6.54 Å². The molecule has 3 heteroatoms. The molecule has 0 aromatic heterocycles. The Labute approximate surface area is 77.5 Å². The van der Waals surface area contributed by atoms with Crippen LogP contribution < -0.4 is 10.1 Å². The summed E-state index contributed by atoms with van der Waals surface area (Å²) in [6, 6.07) is 5.63. The zero-order valence-electron chi connectivity index (χ0n) is 7.23. The molecule has 0 spiro atoms. The minimum absolute atomic E-state index is 0.725. The standard InChI is InChI=1S/C9H12ClNO/c1-11-6-7-8(10)4-3-5-9(7)12-2/h3-5,11H,6H2,1-2H3. The van der Waals surface area contributed by atoms with Gasteiger partial charge in [-0.3, -0.25) is 0 Å². The lowest BCUT2D eigenvalue weighted by Gasteiger charge is -2.08. The Morgan fingerprint density at radius 2 is 2.25 bits per heavy atom. The molecule has 0 radical (unpaired) electrons. The van der Waals surface area contributed by atoms with E-state index in [2.05, 4.69) is 5.32 Å². The SMILES string of the molecule is CNCc1c(Cl)cccc1OC. The van der Waals surface area contributed by atoms with E-state index in [0.29, 0.717) is 0 Å². The summed E-state index contributed by atoms with van der Waals surface area (Å²) in [6.07, 6.45) is 0. The molecule has 0 aliphatic rings. The lowest BCUT2D eigenvalue weighted by Crippen LogP contribution is -2.07. The topological polar surface area (TPSA) is 21.3 Å². The smallest absolute Gasteiger partial charge is 0.124 e. The Morgan fingerprint density at radius 3 is 2.83 bits per heavy atom. The van der Waals surface area contributed by atoms with E-state index in [1.54, 1.807) is 7.11 Å². The van der Waals surface area contributed by atoms with Crippen molar-refractivity contribution in [1.82, 2.24) is 5.32 Å². The fourth-order valence-electron chi connectivity index (χ4n) is 1.08. The third-order valence-electron chi connectivity index (χ3n) is 1.65. The quantitative estimate of drug-likeness (QED) is 0.779. The Kier molecular flexibility index (Phi) is 3.38. The number of benzene rings is 1. The summed E-state index contributed by atoms with van der Waals surface area (Å²) >= 11 is 5.97. The molecule has 0 aliphatic heterocycles. The molecule has 0 atom stereocenters. The molecule has 2 nitrogen and oxygen atoms in total. The number of hydrogen-bond donors (Lipinski definition) is 1. The third kappa shape index (κ3) is 1.90. The summed E-state index contributed by atoms with van der Waals surface area (Å²) < 4.78 is 5.15. The van der Waals surface area contributed by atoms with E-state index in [-0.39, 0.29) is 0 Å². The van der Waals surface area contributed by atoms with Crippen molar-refractivity contribution in [3.63, 3.8) is 0 Å². The maximum absolute atomic E-state index is 5.97. The predicted octanol–water partition coefficient (Wildman–Crippen LogP) is 2.07. The lowest BCUT2D eigenvalue weighted by molar-refractivity contribution is 0.408. The Hall–Kier alpha value is -0.730. The van der Waals surface area contributed by atoms with Gasteiger partial charge in [0, 0.05) is 17.1 Å². The summed E-state index contributed by atoms with van der Waals surface area (Å²) in [5, 5.41) is 3.77. The van der Waals surface area contributed by atoms with Crippen LogP contribution in [-0.4, -0.2) is 14.2 Å². The molecule has 0 amide bonds. The second kappa shape index (κ2) is 4.33. The van der Waals surface area contributed by atoms with Crippen molar-refractivity contribution >= 4 is 11.6 Å². The van der Waals surface area contributed by atoms with E-state index < -0.39 is 0 Å². The highest BCUT2D eigenvalue weighted by Crippen LogP contribution is 2.25. The molecule has 0 aliphatic carbocycles. The normalized spacial score (nSPS) is 9.92. The molecular formula is C9H12ClNO. The number of halogens is 1. The Morgan fingerprint density at radius 1 is 1.50 bits per heavy atom. The first-order valence-corrected chi connectivity index (χ1v) is 4.13. The molecule has 1 aromatic carbocycles. The van der Waals surface area contributed by atoms with E-state index in [1.165, 1.54) is 0 Å². The van der Waals surface area contributed by atoms with Gasteiger partial charge >= 0.3 is 0 Å². The van der Waals surface area contributed by atoms with Gasteiger partial charge in [0.1, 0.15) is 5.75 Å². The van der Waals surface area contributed by atoms with E-state index in [1.807, 2.05) is 25.2 Å². The minimum Gasteiger partial charge on any atom is -0.496 e. The fourth-order valence-corrected chi connectivity index (χ4v) is 1.31. The maximum Gasteiger partial charge on any atom is 0.124 e. The van der Waals surface area contributed by atoms with Crippen LogP contribution in [0.1, 0.15) is 5.56 Å². The fraction of sp³-hybridized carbons (Fsp3) is 0.333. The zero-order valence-corrected chi connectivity index (χ0v) is 7.98. The van der Waals surface area contributed by atoms with Crippen molar-refractivity contribution in [2.24, 2.45) is 0 Å². The first kappa shape index (κ1) is 9.36. The van der Waals surface area contributed by atoms with Crippen molar-refractivity contribution in [1.29, 1.82) is 0 Å². The van der Waals surface area contributed by atoms with Gasteiger partial charge in [0.25, 0.3) is 0 Å². The summed E-state index contributed by atoms with van der Waals surface area (Å²) in [6.45, 7) is 0.725. The molecular weight excluding hydrogens is 174 g/mol. The van der Waals surface area contributed by atoms with Crippen LogP contribution in [0.4, 0.5) is 0 Å². The van der Waals surface area contributed by atoms with Gasteiger partial charge < -0.3 is 10.1 Å².